The number of furan rings is 1. The minimum absolute atomic E-state index is 0.0129. The molecule has 2 aliphatic heterocycles. The number of nitriles is 1. The summed E-state index contributed by atoms with van der Waals surface area (Å²) in [5, 5.41) is 20.8. The molecule has 168 valence electrons. The Morgan fingerprint density at radius 2 is 1.94 bits per heavy atom. The number of carbonyl (C=O) groups is 2. The summed E-state index contributed by atoms with van der Waals surface area (Å²) in [5.41, 5.74) is 0.00435. The fraction of sp³-hybridized carbons (Fsp3) is 0.227. The highest BCUT2D eigenvalue weighted by molar-refractivity contribution is 7.91. The molecule has 0 bridgehead atoms. The van der Waals surface area contributed by atoms with Crippen molar-refractivity contribution in [1.82, 2.24) is 4.90 Å². The predicted octanol–water partition coefficient (Wildman–Crippen LogP) is 2.63. The van der Waals surface area contributed by atoms with Crippen molar-refractivity contribution in [3.63, 3.8) is 0 Å². The number of hydrogen-bond acceptors (Lipinski definition) is 8. The Balaban J connectivity index is 1.76. The van der Waals surface area contributed by atoms with E-state index in [1.165, 1.54) is 43.3 Å². The van der Waals surface area contributed by atoms with Gasteiger partial charge in [-0.1, -0.05) is 12.1 Å². The van der Waals surface area contributed by atoms with Gasteiger partial charge in [-0.2, -0.15) is 5.26 Å². The zero-order chi connectivity index (χ0) is 23.9. The Labute approximate surface area is 188 Å². The lowest BCUT2D eigenvalue weighted by Gasteiger charge is -2.31. The third-order valence-corrected chi connectivity index (χ3v) is 7.38. The van der Waals surface area contributed by atoms with Gasteiger partial charge in [0.15, 0.2) is 9.84 Å². The third kappa shape index (κ3) is 3.96. The summed E-state index contributed by atoms with van der Waals surface area (Å²) in [4.78, 5) is 37.6. The lowest BCUT2D eigenvalue weighted by molar-refractivity contribution is -0.384. The molecule has 0 unspecified atom stereocenters. The Morgan fingerprint density at radius 3 is 2.58 bits per heavy atom. The second kappa shape index (κ2) is 8.14. The summed E-state index contributed by atoms with van der Waals surface area (Å²) in [6, 6.07) is 9.99. The quantitative estimate of drug-likeness (QED) is 0.288. The fourth-order valence-corrected chi connectivity index (χ4v) is 5.67. The van der Waals surface area contributed by atoms with Crippen LogP contribution in [0.5, 0.6) is 0 Å². The number of para-hydroxylation sites is 1. The third-order valence-electron chi connectivity index (χ3n) is 5.63. The van der Waals surface area contributed by atoms with Crippen LogP contribution in [0.25, 0.3) is 17.4 Å². The van der Waals surface area contributed by atoms with Gasteiger partial charge in [0.1, 0.15) is 23.2 Å². The number of hydrogen-bond donors (Lipinski definition) is 0. The normalized spacial score (nSPS) is 21.5. The van der Waals surface area contributed by atoms with Crippen LogP contribution in [0.15, 0.2) is 57.5 Å². The second-order valence-electron chi connectivity index (χ2n) is 7.68. The monoisotopic (exact) mass is 467 g/mol. The van der Waals surface area contributed by atoms with Gasteiger partial charge in [0, 0.05) is 11.6 Å². The molecule has 1 fully saturated rings. The summed E-state index contributed by atoms with van der Waals surface area (Å²) >= 11 is 0. The molecule has 0 saturated carbocycles. The molecule has 0 aliphatic carbocycles. The standard InChI is InChI=1S/C22H17N3O7S/c1-13-17(10-15-6-7-20(32-15)16-4-2-3-5-19(16)25(28)29)21(26)24(22(27)18(13)11-23)14-8-9-33(30,31)12-14/h2-7,10,14H,8-9,12H2,1H3/b17-10+/t14-/m1/s1. The maximum Gasteiger partial charge on any atom is 0.280 e. The number of sulfone groups is 1. The molecule has 1 atom stereocenters. The van der Waals surface area contributed by atoms with Crippen molar-refractivity contribution in [1.29, 1.82) is 5.26 Å². The van der Waals surface area contributed by atoms with E-state index in [0.29, 0.717) is 0 Å². The van der Waals surface area contributed by atoms with E-state index in [-0.39, 0.29) is 57.4 Å². The molecule has 0 N–H and O–H groups in total. The van der Waals surface area contributed by atoms with Crippen LogP contribution in [-0.4, -0.2) is 47.6 Å². The fourth-order valence-electron chi connectivity index (χ4n) is 3.97. The van der Waals surface area contributed by atoms with Crippen molar-refractivity contribution in [2.45, 2.75) is 19.4 Å². The molecule has 3 heterocycles. The zero-order valence-corrected chi connectivity index (χ0v) is 18.2. The largest absolute Gasteiger partial charge is 0.456 e. The first-order valence-corrected chi connectivity index (χ1v) is 11.7. The van der Waals surface area contributed by atoms with Crippen molar-refractivity contribution in [2.24, 2.45) is 0 Å². The predicted molar refractivity (Wildman–Crippen MR) is 116 cm³/mol. The maximum absolute atomic E-state index is 13.2. The first-order valence-electron chi connectivity index (χ1n) is 9.88. The van der Waals surface area contributed by atoms with E-state index >= 15 is 0 Å². The summed E-state index contributed by atoms with van der Waals surface area (Å²) in [5.74, 6) is -1.65. The van der Waals surface area contributed by atoms with Crippen molar-refractivity contribution in [3.05, 3.63) is 69.0 Å². The van der Waals surface area contributed by atoms with E-state index in [2.05, 4.69) is 0 Å². The van der Waals surface area contributed by atoms with Gasteiger partial charge in [-0.05, 0) is 43.2 Å². The molecule has 1 saturated heterocycles. The highest BCUT2D eigenvalue weighted by Crippen LogP contribution is 2.34. The van der Waals surface area contributed by atoms with Gasteiger partial charge in [-0.15, -0.1) is 0 Å². The average Bonchev–Trinajstić information content (AvgIpc) is 3.37. The molecular weight excluding hydrogens is 450 g/mol. The van der Waals surface area contributed by atoms with Crippen LogP contribution >= 0.6 is 0 Å². The lowest BCUT2D eigenvalue weighted by atomic mass is 9.93. The van der Waals surface area contributed by atoms with Crippen LogP contribution in [0.1, 0.15) is 19.1 Å². The van der Waals surface area contributed by atoms with Crippen LogP contribution in [0, 0.1) is 21.4 Å². The summed E-state index contributed by atoms with van der Waals surface area (Å²) in [6.07, 6.45) is 1.45. The molecule has 1 aromatic carbocycles. The number of carbonyl (C=O) groups excluding carboxylic acids is 2. The van der Waals surface area contributed by atoms with Gasteiger partial charge < -0.3 is 4.42 Å². The summed E-state index contributed by atoms with van der Waals surface area (Å²) in [7, 11) is -3.38. The maximum atomic E-state index is 13.2. The SMILES string of the molecule is CC1=C(C#N)C(=O)N([C@@H]2CCS(=O)(=O)C2)C(=O)/C1=C/c1ccc(-c2ccccc2[N+](=O)[O-])o1. The lowest BCUT2D eigenvalue weighted by Crippen LogP contribution is -2.49. The van der Waals surface area contributed by atoms with Gasteiger partial charge in [-0.25, -0.2) is 8.42 Å². The van der Waals surface area contributed by atoms with Crippen molar-refractivity contribution >= 4 is 33.4 Å². The molecule has 2 aliphatic rings. The molecule has 2 aromatic rings. The van der Waals surface area contributed by atoms with Gasteiger partial charge in [0.2, 0.25) is 0 Å². The number of benzene rings is 1. The summed E-state index contributed by atoms with van der Waals surface area (Å²) < 4.78 is 29.5. The number of rotatable bonds is 4. The van der Waals surface area contributed by atoms with Crippen molar-refractivity contribution in [2.75, 3.05) is 11.5 Å². The molecule has 0 radical (unpaired) electrons. The first-order chi connectivity index (χ1) is 15.6. The molecule has 33 heavy (non-hydrogen) atoms. The minimum Gasteiger partial charge on any atom is -0.456 e. The zero-order valence-electron chi connectivity index (χ0n) is 17.3. The van der Waals surface area contributed by atoms with Gasteiger partial charge in [-0.3, -0.25) is 24.6 Å². The van der Waals surface area contributed by atoms with E-state index in [9.17, 15) is 33.4 Å². The van der Waals surface area contributed by atoms with Crippen molar-refractivity contribution < 1.29 is 27.3 Å². The first kappa shape index (κ1) is 22.2. The van der Waals surface area contributed by atoms with E-state index in [4.69, 9.17) is 4.42 Å². The van der Waals surface area contributed by atoms with Crippen LogP contribution in [0.2, 0.25) is 0 Å². The second-order valence-corrected chi connectivity index (χ2v) is 9.91. The van der Waals surface area contributed by atoms with E-state index in [1.54, 1.807) is 12.1 Å². The van der Waals surface area contributed by atoms with Crippen molar-refractivity contribution in [3.8, 4) is 17.4 Å². The molecule has 0 spiro atoms. The smallest absolute Gasteiger partial charge is 0.280 e. The Hall–Kier alpha value is -4.04. The molecule has 2 amide bonds. The summed E-state index contributed by atoms with van der Waals surface area (Å²) in [6.45, 7) is 1.45. The number of amides is 2. The molecular formula is C22H17N3O7S. The number of nitro groups is 1. The number of nitro benzene ring substituents is 1. The van der Waals surface area contributed by atoms with Crippen LogP contribution < -0.4 is 0 Å². The van der Waals surface area contributed by atoms with Gasteiger partial charge >= 0.3 is 0 Å². The molecule has 1 aromatic heterocycles. The Morgan fingerprint density at radius 1 is 1.21 bits per heavy atom. The van der Waals surface area contributed by atoms with Crippen LogP contribution in [0.4, 0.5) is 5.69 Å². The molecule has 11 heteroatoms. The Kier molecular flexibility index (Phi) is 5.47. The number of nitrogens with zero attached hydrogens (tertiary/aromatic N) is 3. The van der Waals surface area contributed by atoms with Gasteiger partial charge in [0.25, 0.3) is 17.5 Å². The Bertz CT molecular complexity index is 1410. The highest BCUT2D eigenvalue weighted by atomic mass is 32.2. The minimum atomic E-state index is -3.38. The average molecular weight is 467 g/mol. The van der Waals surface area contributed by atoms with E-state index in [1.807, 2.05) is 0 Å². The number of imide groups is 1. The molecule has 10 nitrogen and oxygen atoms in total. The van der Waals surface area contributed by atoms with E-state index in [0.717, 1.165) is 4.90 Å². The van der Waals surface area contributed by atoms with Crippen LogP contribution in [0.3, 0.4) is 0 Å². The topological polar surface area (TPSA) is 152 Å². The van der Waals surface area contributed by atoms with E-state index < -0.39 is 32.6 Å². The van der Waals surface area contributed by atoms with Gasteiger partial charge in [0.05, 0.1) is 28.0 Å². The highest BCUT2D eigenvalue weighted by Gasteiger charge is 2.43. The molecule has 4 rings (SSSR count). The van der Waals surface area contributed by atoms with Crippen LogP contribution in [-0.2, 0) is 19.4 Å².